The van der Waals surface area contributed by atoms with E-state index in [2.05, 4.69) is 10.6 Å². The topological polar surface area (TPSA) is 93.7 Å². The normalized spacial score (nSPS) is 11.9. The van der Waals surface area contributed by atoms with Crippen molar-refractivity contribution in [1.29, 1.82) is 0 Å². The predicted molar refractivity (Wildman–Crippen MR) is 113 cm³/mol. The lowest BCUT2D eigenvalue weighted by atomic mass is 10.1. The number of carbonyl (C=O) groups excluding carboxylic acids is 3. The van der Waals surface area contributed by atoms with Gasteiger partial charge in [-0.1, -0.05) is 60.2 Å². The minimum absolute atomic E-state index is 0.301. The van der Waals surface area contributed by atoms with Crippen LogP contribution < -0.4 is 10.6 Å². The predicted octanol–water partition coefficient (Wildman–Crippen LogP) is 3.42. The van der Waals surface area contributed by atoms with Crippen molar-refractivity contribution in [1.82, 2.24) is 10.6 Å². The van der Waals surface area contributed by atoms with E-state index in [1.807, 2.05) is 49.4 Å². The summed E-state index contributed by atoms with van der Waals surface area (Å²) in [6.07, 6.45) is -1.87. The van der Waals surface area contributed by atoms with Gasteiger partial charge < -0.3 is 20.1 Å². The number of aryl methyl sites for hydroxylation is 1. The first-order valence-corrected chi connectivity index (χ1v) is 9.68. The van der Waals surface area contributed by atoms with E-state index in [9.17, 15) is 14.4 Å². The third kappa shape index (κ3) is 7.95. The molecule has 7 nitrogen and oxygen atoms in total. The fourth-order valence-electron chi connectivity index (χ4n) is 2.52. The van der Waals surface area contributed by atoms with Crippen LogP contribution in [0, 0.1) is 6.92 Å². The molecule has 2 amide bonds. The quantitative estimate of drug-likeness (QED) is 0.680. The largest absolute Gasteiger partial charge is 0.446 e. The molecule has 0 saturated heterocycles. The molecule has 1 unspecified atom stereocenters. The molecule has 30 heavy (non-hydrogen) atoms. The number of esters is 1. The highest BCUT2D eigenvalue weighted by atomic mass is 16.6. The Morgan fingerprint density at radius 3 is 2.17 bits per heavy atom. The Labute approximate surface area is 176 Å². The van der Waals surface area contributed by atoms with E-state index in [0.29, 0.717) is 12.1 Å². The van der Waals surface area contributed by atoms with Crippen molar-refractivity contribution in [3.05, 3.63) is 71.3 Å². The van der Waals surface area contributed by atoms with E-state index < -0.39 is 36.2 Å². The summed E-state index contributed by atoms with van der Waals surface area (Å²) < 4.78 is 10.5. The lowest BCUT2D eigenvalue weighted by Gasteiger charge is -2.20. The van der Waals surface area contributed by atoms with E-state index in [4.69, 9.17) is 9.47 Å². The van der Waals surface area contributed by atoms with Crippen LogP contribution in [0.4, 0.5) is 4.79 Å². The van der Waals surface area contributed by atoms with Crippen LogP contribution in [0.5, 0.6) is 0 Å². The lowest BCUT2D eigenvalue weighted by molar-refractivity contribution is -0.155. The van der Waals surface area contributed by atoms with Gasteiger partial charge in [-0.2, -0.15) is 0 Å². The highest BCUT2D eigenvalue weighted by Gasteiger charge is 2.25. The first kappa shape index (κ1) is 22.9. The SMILES string of the molecule is Cc1ccc(C(OC(=O)CNC(=O)OC(C)(C)C)C(=O)NCc2ccccc2)cc1. The van der Waals surface area contributed by atoms with E-state index in [-0.39, 0.29) is 0 Å². The van der Waals surface area contributed by atoms with Crippen molar-refractivity contribution >= 4 is 18.0 Å². The Bertz CT molecular complexity index is 857. The highest BCUT2D eigenvalue weighted by molar-refractivity contribution is 5.86. The van der Waals surface area contributed by atoms with Gasteiger partial charge in [0.15, 0.2) is 0 Å². The van der Waals surface area contributed by atoms with E-state index >= 15 is 0 Å². The number of carbonyl (C=O) groups is 3. The Balaban J connectivity index is 2.02. The lowest BCUT2D eigenvalue weighted by Crippen LogP contribution is -2.38. The molecular formula is C23H28N2O5. The zero-order valence-corrected chi connectivity index (χ0v) is 17.7. The van der Waals surface area contributed by atoms with Crippen molar-refractivity contribution in [2.24, 2.45) is 0 Å². The van der Waals surface area contributed by atoms with Crippen molar-refractivity contribution in [2.75, 3.05) is 6.54 Å². The van der Waals surface area contributed by atoms with Gasteiger partial charge in [0, 0.05) is 12.1 Å². The van der Waals surface area contributed by atoms with Gasteiger partial charge in [-0.25, -0.2) is 4.79 Å². The molecule has 2 N–H and O–H groups in total. The Morgan fingerprint density at radius 1 is 0.933 bits per heavy atom. The molecule has 0 spiro atoms. The number of benzene rings is 2. The van der Waals surface area contributed by atoms with Gasteiger partial charge in [0.05, 0.1) is 0 Å². The molecule has 0 aliphatic carbocycles. The van der Waals surface area contributed by atoms with Gasteiger partial charge in [0.25, 0.3) is 5.91 Å². The fraction of sp³-hybridized carbons (Fsp3) is 0.348. The number of rotatable bonds is 7. The fourth-order valence-corrected chi connectivity index (χ4v) is 2.52. The van der Waals surface area contributed by atoms with Crippen LogP contribution in [0.1, 0.15) is 43.6 Å². The molecule has 0 fully saturated rings. The molecular weight excluding hydrogens is 384 g/mol. The zero-order valence-electron chi connectivity index (χ0n) is 17.7. The van der Waals surface area contributed by atoms with Crippen molar-refractivity contribution in [3.8, 4) is 0 Å². The summed E-state index contributed by atoms with van der Waals surface area (Å²) in [6.45, 7) is 6.96. The average molecular weight is 412 g/mol. The van der Waals surface area contributed by atoms with Gasteiger partial charge >= 0.3 is 12.1 Å². The summed E-state index contributed by atoms with van der Waals surface area (Å²) in [6, 6.07) is 16.5. The van der Waals surface area contributed by atoms with Gasteiger partial charge in [0.2, 0.25) is 6.10 Å². The van der Waals surface area contributed by atoms with Crippen molar-refractivity contribution in [2.45, 2.75) is 45.9 Å². The Morgan fingerprint density at radius 2 is 1.57 bits per heavy atom. The van der Waals surface area contributed by atoms with E-state index in [0.717, 1.165) is 11.1 Å². The number of ether oxygens (including phenoxy) is 2. The third-order valence-electron chi connectivity index (χ3n) is 3.95. The molecule has 2 rings (SSSR count). The van der Waals surface area contributed by atoms with Crippen LogP contribution in [0.15, 0.2) is 54.6 Å². The van der Waals surface area contributed by atoms with Crippen LogP contribution in [-0.4, -0.2) is 30.1 Å². The second-order valence-corrected chi connectivity index (χ2v) is 7.84. The average Bonchev–Trinajstić information content (AvgIpc) is 2.69. The summed E-state index contributed by atoms with van der Waals surface area (Å²) in [5, 5.41) is 5.12. The molecule has 0 saturated carbocycles. The monoisotopic (exact) mass is 412 g/mol. The first-order chi connectivity index (χ1) is 14.1. The number of hydrogen-bond acceptors (Lipinski definition) is 5. The maximum absolute atomic E-state index is 12.8. The maximum Gasteiger partial charge on any atom is 0.408 e. The van der Waals surface area contributed by atoms with Gasteiger partial charge in [0.1, 0.15) is 12.1 Å². The summed E-state index contributed by atoms with van der Waals surface area (Å²) in [5.74, 6) is -1.20. The summed E-state index contributed by atoms with van der Waals surface area (Å²) >= 11 is 0. The summed E-state index contributed by atoms with van der Waals surface area (Å²) in [5.41, 5.74) is 1.79. The van der Waals surface area contributed by atoms with E-state index in [1.165, 1.54) is 0 Å². The number of nitrogens with one attached hydrogen (secondary N) is 2. The Hall–Kier alpha value is -3.35. The molecule has 0 aliphatic rings. The minimum Gasteiger partial charge on any atom is -0.446 e. The molecule has 0 radical (unpaired) electrons. The van der Waals surface area contributed by atoms with Crippen LogP contribution in [0.2, 0.25) is 0 Å². The molecule has 2 aromatic rings. The second-order valence-electron chi connectivity index (χ2n) is 7.84. The van der Waals surface area contributed by atoms with Gasteiger partial charge in [-0.05, 0) is 33.3 Å². The highest BCUT2D eigenvalue weighted by Crippen LogP contribution is 2.19. The van der Waals surface area contributed by atoms with Gasteiger partial charge in [-0.3, -0.25) is 9.59 Å². The Kier molecular flexibility index (Phi) is 7.98. The molecule has 0 bridgehead atoms. The molecule has 7 heteroatoms. The van der Waals surface area contributed by atoms with Crippen molar-refractivity contribution < 1.29 is 23.9 Å². The van der Waals surface area contributed by atoms with Crippen LogP contribution >= 0.6 is 0 Å². The first-order valence-electron chi connectivity index (χ1n) is 9.68. The minimum atomic E-state index is -1.14. The van der Waals surface area contributed by atoms with Crippen LogP contribution in [0.25, 0.3) is 0 Å². The second kappa shape index (κ2) is 10.4. The third-order valence-corrected chi connectivity index (χ3v) is 3.95. The summed E-state index contributed by atoms with van der Waals surface area (Å²) in [4.78, 5) is 36.8. The van der Waals surface area contributed by atoms with Crippen LogP contribution in [-0.2, 0) is 25.6 Å². The molecule has 0 aromatic heterocycles. The van der Waals surface area contributed by atoms with Gasteiger partial charge in [-0.15, -0.1) is 0 Å². The molecule has 160 valence electrons. The maximum atomic E-state index is 12.8. The number of alkyl carbamates (subject to hydrolysis) is 1. The summed E-state index contributed by atoms with van der Waals surface area (Å²) in [7, 11) is 0. The number of amides is 2. The standard InChI is InChI=1S/C23H28N2O5/c1-16-10-12-18(13-11-16)20(21(27)24-14-17-8-6-5-7-9-17)29-19(26)15-25-22(28)30-23(2,3)4/h5-13,20H,14-15H2,1-4H3,(H,24,27)(H,25,28). The molecule has 0 heterocycles. The zero-order chi connectivity index (χ0) is 22.1. The van der Waals surface area contributed by atoms with Crippen molar-refractivity contribution in [3.63, 3.8) is 0 Å². The number of hydrogen-bond donors (Lipinski definition) is 2. The molecule has 1 atom stereocenters. The van der Waals surface area contributed by atoms with E-state index in [1.54, 1.807) is 32.9 Å². The van der Waals surface area contributed by atoms with Crippen LogP contribution in [0.3, 0.4) is 0 Å². The smallest absolute Gasteiger partial charge is 0.408 e. The molecule has 2 aromatic carbocycles. The molecule has 0 aliphatic heterocycles.